The van der Waals surface area contributed by atoms with Crippen molar-refractivity contribution in [2.75, 3.05) is 19.6 Å². The van der Waals surface area contributed by atoms with Crippen molar-refractivity contribution in [1.82, 2.24) is 14.7 Å². The fourth-order valence-corrected chi connectivity index (χ4v) is 4.29. The summed E-state index contributed by atoms with van der Waals surface area (Å²) in [6.45, 7) is 6.02. The molecule has 7 nitrogen and oxygen atoms in total. The molecule has 0 aliphatic carbocycles. The summed E-state index contributed by atoms with van der Waals surface area (Å²) in [5.41, 5.74) is 1.46. The Kier molecular flexibility index (Phi) is 4.63. The Bertz CT molecular complexity index is 731. The summed E-state index contributed by atoms with van der Waals surface area (Å²) >= 11 is 0. The SMILES string of the molecule is C[C@@H]1CN(C(=O)c2ccc(CN3C(=O)[C@H]4CCCN4C3=O)cc2)C[C@@H](C)O1. The zero-order valence-electron chi connectivity index (χ0n) is 15.8. The standard InChI is InChI=1S/C20H25N3O4/c1-13-10-21(11-14(2)27-13)18(24)16-7-5-15(6-8-16)12-23-19(25)17-4-3-9-22(17)20(23)26/h5-8,13-14,17H,3-4,9-12H2,1-2H3/t13-,14-,17-/m1/s1. The summed E-state index contributed by atoms with van der Waals surface area (Å²) in [7, 11) is 0. The van der Waals surface area contributed by atoms with Crippen molar-refractivity contribution in [2.45, 2.75) is 51.5 Å². The summed E-state index contributed by atoms with van der Waals surface area (Å²) in [6, 6.07) is 6.72. The van der Waals surface area contributed by atoms with Gasteiger partial charge in [-0.2, -0.15) is 0 Å². The van der Waals surface area contributed by atoms with Crippen LogP contribution >= 0.6 is 0 Å². The molecule has 4 rings (SSSR count). The van der Waals surface area contributed by atoms with E-state index in [9.17, 15) is 14.4 Å². The minimum absolute atomic E-state index is 0.0162. The Morgan fingerprint density at radius 3 is 2.41 bits per heavy atom. The fraction of sp³-hybridized carbons (Fsp3) is 0.550. The fourth-order valence-electron chi connectivity index (χ4n) is 4.29. The van der Waals surface area contributed by atoms with Crippen molar-refractivity contribution in [3.05, 3.63) is 35.4 Å². The summed E-state index contributed by atoms with van der Waals surface area (Å²) in [5.74, 6) is -0.119. The Morgan fingerprint density at radius 1 is 1.11 bits per heavy atom. The first-order valence-electron chi connectivity index (χ1n) is 9.59. The lowest BCUT2D eigenvalue weighted by Gasteiger charge is -2.35. The van der Waals surface area contributed by atoms with E-state index in [-0.39, 0.29) is 42.6 Å². The predicted molar refractivity (Wildman–Crippen MR) is 98.0 cm³/mol. The molecule has 3 aliphatic heterocycles. The zero-order valence-corrected chi connectivity index (χ0v) is 15.8. The van der Waals surface area contributed by atoms with E-state index < -0.39 is 0 Å². The van der Waals surface area contributed by atoms with E-state index in [1.807, 2.05) is 30.9 Å². The molecule has 3 atom stereocenters. The van der Waals surface area contributed by atoms with Crippen LogP contribution in [0.5, 0.6) is 0 Å². The van der Waals surface area contributed by atoms with Gasteiger partial charge >= 0.3 is 6.03 Å². The molecule has 0 aromatic heterocycles. The van der Waals surface area contributed by atoms with Gasteiger partial charge in [0, 0.05) is 25.2 Å². The highest BCUT2D eigenvalue weighted by molar-refractivity contribution is 6.04. The van der Waals surface area contributed by atoms with E-state index in [1.54, 1.807) is 17.0 Å². The Balaban J connectivity index is 1.43. The molecule has 4 amide bonds. The number of carbonyl (C=O) groups is 3. The van der Waals surface area contributed by atoms with Gasteiger partial charge in [0.2, 0.25) is 0 Å². The molecule has 0 unspecified atom stereocenters. The van der Waals surface area contributed by atoms with Crippen molar-refractivity contribution in [3.63, 3.8) is 0 Å². The van der Waals surface area contributed by atoms with Crippen molar-refractivity contribution in [1.29, 1.82) is 0 Å². The lowest BCUT2D eigenvalue weighted by Crippen LogP contribution is -2.48. The van der Waals surface area contributed by atoms with Crippen LogP contribution in [0.15, 0.2) is 24.3 Å². The molecule has 1 aromatic carbocycles. The number of imide groups is 1. The monoisotopic (exact) mass is 371 g/mol. The molecule has 27 heavy (non-hydrogen) atoms. The second-order valence-electron chi connectivity index (χ2n) is 7.72. The lowest BCUT2D eigenvalue weighted by atomic mass is 10.1. The van der Waals surface area contributed by atoms with Crippen molar-refractivity contribution in [3.8, 4) is 0 Å². The summed E-state index contributed by atoms with van der Waals surface area (Å²) in [6.07, 6.45) is 1.70. The van der Waals surface area contributed by atoms with E-state index in [4.69, 9.17) is 4.74 Å². The zero-order chi connectivity index (χ0) is 19.1. The van der Waals surface area contributed by atoms with Crippen LogP contribution in [-0.2, 0) is 16.1 Å². The second-order valence-corrected chi connectivity index (χ2v) is 7.72. The molecule has 3 saturated heterocycles. The average Bonchev–Trinajstić information content (AvgIpc) is 3.21. The molecule has 3 fully saturated rings. The highest BCUT2D eigenvalue weighted by Crippen LogP contribution is 2.28. The van der Waals surface area contributed by atoms with Crippen molar-refractivity contribution >= 4 is 17.8 Å². The number of hydrogen-bond donors (Lipinski definition) is 0. The maximum Gasteiger partial charge on any atom is 0.327 e. The van der Waals surface area contributed by atoms with Gasteiger partial charge in [-0.15, -0.1) is 0 Å². The largest absolute Gasteiger partial charge is 0.372 e. The third-order valence-electron chi connectivity index (χ3n) is 5.53. The Morgan fingerprint density at radius 2 is 1.78 bits per heavy atom. The molecule has 0 saturated carbocycles. The lowest BCUT2D eigenvalue weighted by molar-refractivity contribution is -0.128. The predicted octanol–water partition coefficient (Wildman–Crippen LogP) is 1.86. The van der Waals surface area contributed by atoms with Gasteiger partial charge < -0.3 is 14.5 Å². The second kappa shape index (κ2) is 6.96. The number of rotatable bonds is 3. The molecule has 0 bridgehead atoms. The van der Waals surface area contributed by atoms with Gasteiger partial charge in [-0.25, -0.2) is 4.79 Å². The summed E-state index contributed by atoms with van der Waals surface area (Å²) in [4.78, 5) is 42.4. The molecule has 7 heteroatoms. The molecule has 0 N–H and O–H groups in total. The number of nitrogens with zero attached hydrogens (tertiary/aromatic N) is 3. The number of amides is 4. The average molecular weight is 371 g/mol. The number of urea groups is 1. The number of benzene rings is 1. The van der Waals surface area contributed by atoms with Gasteiger partial charge in [0.15, 0.2) is 0 Å². The van der Waals surface area contributed by atoms with Crippen LogP contribution in [0.3, 0.4) is 0 Å². The maximum atomic E-state index is 12.7. The molecular weight excluding hydrogens is 346 g/mol. The van der Waals surface area contributed by atoms with E-state index in [1.165, 1.54) is 4.90 Å². The molecule has 3 aliphatic rings. The first-order valence-corrected chi connectivity index (χ1v) is 9.59. The third kappa shape index (κ3) is 3.32. The molecule has 0 spiro atoms. The topological polar surface area (TPSA) is 70.2 Å². The first-order chi connectivity index (χ1) is 12.9. The molecule has 1 aromatic rings. The number of fused-ring (bicyclic) bond motifs is 1. The minimum Gasteiger partial charge on any atom is -0.372 e. The van der Waals surface area contributed by atoms with Crippen LogP contribution in [-0.4, -0.2) is 70.4 Å². The first kappa shape index (κ1) is 18.0. The van der Waals surface area contributed by atoms with Crippen LogP contribution < -0.4 is 0 Å². The van der Waals surface area contributed by atoms with E-state index >= 15 is 0 Å². The normalized spacial score (nSPS) is 28.1. The molecule has 144 valence electrons. The number of ether oxygens (including phenoxy) is 1. The molecule has 3 heterocycles. The van der Waals surface area contributed by atoms with Gasteiger partial charge in [0.25, 0.3) is 11.8 Å². The van der Waals surface area contributed by atoms with Crippen LogP contribution in [0.1, 0.15) is 42.6 Å². The van der Waals surface area contributed by atoms with Gasteiger partial charge in [-0.05, 0) is 44.4 Å². The summed E-state index contributed by atoms with van der Waals surface area (Å²) in [5, 5.41) is 0. The highest BCUT2D eigenvalue weighted by atomic mass is 16.5. The minimum atomic E-state index is -0.274. The van der Waals surface area contributed by atoms with Crippen molar-refractivity contribution in [2.24, 2.45) is 0 Å². The third-order valence-corrected chi connectivity index (χ3v) is 5.53. The Labute approximate surface area is 158 Å². The highest BCUT2D eigenvalue weighted by Gasteiger charge is 2.47. The van der Waals surface area contributed by atoms with Crippen LogP contribution in [0.2, 0.25) is 0 Å². The van der Waals surface area contributed by atoms with Gasteiger partial charge in [0.1, 0.15) is 6.04 Å². The van der Waals surface area contributed by atoms with Gasteiger partial charge in [0.05, 0.1) is 18.8 Å². The maximum absolute atomic E-state index is 12.7. The van der Waals surface area contributed by atoms with Crippen LogP contribution in [0.25, 0.3) is 0 Å². The van der Waals surface area contributed by atoms with Crippen LogP contribution in [0.4, 0.5) is 4.79 Å². The van der Waals surface area contributed by atoms with E-state index in [0.717, 1.165) is 18.4 Å². The number of morpholine rings is 1. The van der Waals surface area contributed by atoms with Crippen molar-refractivity contribution < 1.29 is 19.1 Å². The summed E-state index contributed by atoms with van der Waals surface area (Å²) < 4.78 is 5.68. The van der Waals surface area contributed by atoms with E-state index in [2.05, 4.69) is 0 Å². The quantitative estimate of drug-likeness (QED) is 0.761. The molecular formula is C20H25N3O4. The van der Waals surface area contributed by atoms with E-state index in [0.29, 0.717) is 25.2 Å². The molecule has 0 radical (unpaired) electrons. The smallest absolute Gasteiger partial charge is 0.327 e. The Hall–Kier alpha value is -2.41. The van der Waals surface area contributed by atoms with Gasteiger partial charge in [-0.3, -0.25) is 14.5 Å². The van der Waals surface area contributed by atoms with Gasteiger partial charge in [-0.1, -0.05) is 12.1 Å². The number of carbonyl (C=O) groups excluding carboxylic acids is 3. The van der Waals surface area contributed by atoms with Crippen LogP contribution in [0, 0.1) is 0 Å². The number of hydrogen-bond acceptors (Lipinski definition) is 4.